The summed E-state index contributed by atoms with van der Waals surface area (Å²) in [6.45, 7) is 1.76. The van der Waals surface area contributed by atoms with Crippen LogP contribution in [0.5, 0.6) is 11.5 Å². The predicted molar refractivity (Wildman–Crippen MR) is 146 cm³/mol. The summed E-state index contributed by atoms with van der Waals surface area (Å²) in [6, 6.07) is 15.5. The van der Waals surface area contributed by atoms with Crippen LogP contribution < -0.4 is 10.1 Å². The lowest BCUT2D eigenvalue weighted by Gasteiger charge is -2.14. The molecule has 0 heterocycles. The molecule has 38 heavy (non-hydrogen) atoms. The van der Waals surface area contributed by atoms with Crippen molar-refractivity contribution in [3.8, 4) is 11.5 Å². The molecule has 0 saturated carbocycles. The van der Waals surface area contributed by atoms with Gasteiger partial charge in [0, 0.05) is 5.39 Å². The van der Waals surface area contributed by atoms with Gasteiger partial charge in [0.05, 0.1) is 27.6 Å². The van der Waals surface area contributed by atoms with Crippen LogP contribution in [0.2, 0.25) is 10.0 Å². The van der Waals surface area contributed by atoms with Gasteiger partial charge < -0.3 is 15.2 Å². The van der Waals surface area contributed by atoms with Crippen LogP contribution in [0.25, 0.3) is 10.8 Å². The zero-order valence-corrected chi connectivity index (χ0v) is 22.4. The SMILES string of the molecule is CCc1cc(S(=O)(=O)O)cc(N=Nc2c(O)c(C(=O)Nc3c(Cl)cccc3OC)cc3ccccc23)c1Cl. The van der Waals surface area contributed by atoms with Crippen LogP contribution in [0, 0.1) is 0 Å². The molecule has 0 radical (unpaired) electrons. The van der Waals surface area contributed by atoms with Crippen LogP contribution in [0.3, 0.4) is 0 Å². The van der Waals surface area contributed by atoms with Gasteiger partial charge in [0.25, 0.3) is 16.0 Å². The summed E-state index contributed by atoms with van der Waals surface area (Å²) in [6.07, 6.45) is 0.361. The molecule has 0 fully saturated rings. The fourth-order valence-corrected chi connectivity index (χ4v) is 4.84. The van der Waals surface area contributed by atoms with Crippen LogP contribution in [0.1, 0.15) is 22.8 Å². The first-order valence-electron chi connectivity index (χ1n) is 11.1. The molecule has 0 aliphatic rings. The third kappa shape index (κ3) is 5.44. The Morgan fingerprint density at radius 1 is 1.05 bits per heavy atom. The molecule has 0 aromatic heterocycles. The van der Waals surface area contributed by atoms with Gasteiger partial charge in [0.15, 0.2) is 5.75 Å². The molecule has 12 heteroatoms. The molecular weight excluding hydrogens is 553 g/mol. The van der Waals surface area contributed by atoms with Crippen LogP contribution >= 0.6 is 23.2 Å². The maximum atomic E-state index is 13.2. The maximum absolute atomic E-state index is 13.2. The zero-order chi connectivity index (χ0) is 27.6. The number of methoxy groups -OCH3 is 1. The van der Waals surface area contributed by atoms with Crippen molar-refractivity contribution < 1.29 is 27.6 Å². The number of anilines is 1. The second-order valence-electron chi connectivity index (χ2n) is 8.06. The van der Waals surface area contributed by atoms with Gasteiger partial charge >= 0.3 is 0 Å². The molecule has 0 spiro atoms. The van der Waals surface area contributed by atoms with Gasteiger partial charge in [-0.05, 0) is 47.7 Å². The number of hydrogen-bond acceptors (Lipinski definition) is 7. The molecule has 1 amide bonds. The van der Waals surface area contributed by atoms with E-state index in [1.165, 1.54) is 19.2 Å². The minimum absolute atomic E-state index is 0.0437. The molecule has 0 unspecified atom stereocenters. The first kappa shape index (κ1) is 27.3. The number of phenolic OH excluding ortho intramolecular Hbond substituents is 1. The number of hydrogen-bond donors (Lipinski definition) is 3. The Kier molecular flexibility index (Phi) is 7.89. The van der Waals surface area contributed by atoms with Gasteiger partial charge in [-0.3, -0.25) is 9.35 Å². The van der Waals surface area contributed by atoms with Crippen molar-refractivity contribution in [3.63, 3.8) is 0 Å². The van der Waals surface area contributed by atoms with Gasteiger partial charge in [-0.2, -0.15) is 8.42 Å². The fraction of sp³-hybridized carbons (Fsp3) is 0.115. The number of carbonyl (C=O) groups excluding carboxylic acids is 1. The molecule has 0 aliphatic carbocycles. The van der Waals surface area contributed by atoms with E-state index in [2.05, 4.69) is 15.5 Å². The number of aryl methyl sites for hydroxylation is 1. The molecule has 196 valence electrons. The van der Waals surface area contributed by atoms with E-state index in [1.807, 2.05) is 0 Å². The number of para-hydroxylation sites is 1. The number of benzene rings is 4. The summed E-state index contributed by atoms with van der Waals surface area (Å²) in [5, 5.41) is 23.4. The van der Waals surface area contributed by atoms with E-state index in [-0.39, 0.29) is 32.7 Å². The van der Waals surface area contributed by atoms with E-state index < -0.39 is 26.7 Å². The topological polar surface area (TPSA) is 138 Å². The molecule has 0 saturated heterocycles. The highest BCUT2D eigenvalue weighted by Gasteiger charge is 2.21. The highest BCUT2D eigenvalue weighted by molar-refractivity contribution is 7.85. The third-order valence-electron chi connectivity index (χ3n) is 5.71. The number of carbonyl (C=O) groups is 1. The number of nitrogens with zero attached hydrogens (tertiary/aromatic N) is 2. The predicted octanol–water partition coefficient (Wildman–Crippen LogP) is 7.34. The Labute approximate surface area is 228 Å². The van der Waals surface area contributed by atoms with E-state index in [1.54, 1.807) is 49.4 Å². The monoisotopic (exact) mass is 573 g/mol. The van der Waals surface area contributed by atoms with E-state index in [9.17, 15) is 22.9 Å². The van der Waals surface area contributed by atoms with Crippen molar-refractivity contribution in [2.45, 2.75) is 18.2 Å². The highest BCUT2D eigenvalue weighted by atomic mass is 35.5. The Balaban J connectivity index is 1.85. The van der Waals surface area contributed by atoms with Crippen molar-refractivity contribution >= 4 is 67.1 Å². The van der Waals surface area contributed by atoms with Crippen molar-refractivity contribution in [1.29, 1.82) is 0 Å². The molecule has 4 rings (SSSR count). The van der Waals surface area contributed by atoms with Gasteiger partial charge in [-0.1, -0.05) is 60.5 Å². The van der Waals surface area contributed by atoms with Gasteiger partial charge in [0.2, 0.25) is 0 Å². The summed E-state index contributed by atoms with van der Waals surface area (Å²) in [5.41, 5.74) is 0.431. The van der Waals surface area contributed by atoms with E-state index in [0.717, 1.165) is 6.07 Å². The van der Waals surface area contributed by atoms with Crippen LogP contribution in [-0.2, 0) is 16.5 Å². The molecule has 4 aromatic carbocycles. The molecule has 3 N–H and O–H groups in total. The lowest BCUT2D eigenvalue weighted by molar-refractivity contribution is 0.102. The normalized spacial score (nSPS) is 11.7. The molecule has 0 bridgehead atoms. The third-order valence-corrected chi connectivity index (χ3v) is 7.30. The number of amides is 1. The van der Waals surface area contributed by atoms with E-state index in [0.29, 0.717) is 28.5 Å². The number of nitrogens with one attached hydrogen (secondary N) is 1. The van der Waals surface area contributed by atoms with Crippen molar-refractivity contribution in [3.05, 3.63) is 81.8 Å². The largest absolute Gasteiger partial charge is 0.505 e. The lowest BCUT2D eigenvalue weighted by Crippen LogP contribution is -2.13. The Morgan fingerprint density at radius 3 is 2.47 bits per heavy atom. The first-order valence-corrected chi connectivity index (χ1v) is 13.3. The maximum Gasteiger partial charge on any atom is 0.294 e. The number of halogens is 2. The van der Waals surface area contributed by atoms with Gasteiger partial charge in [0.1, 0.15) is 22.8 Å². The number of ether oxygens (including phenoxy) is 1. The zero-order valence-electron chi connectivity index (χ0n) is 20.1. The summed E-state index contributed by atoms with van der Waals surface area (Å²) in [7, 11) is -3.11. The van der Waals surface area contributed by atoms with Crippen LogP contribution in [0.15, 0.2) is 75.8 Å². The minimum atomic E-state index is -4.54. The second-order valence-corrected chi connectivity index (χ2v) is 10.3. The lowest BCUT2D eigenvalue weighted by atomic mass is 10.0. The van der Waals surface area contributed by atoms with Crippen molar-refractivity contribution in [2.75, 3.05) is 12.4 Å². The summed E-state index contributed by atoms with van der Waals surface area (Å²) >= 11 is 12.6. The van der Waals surface area contributed by atoms with Crippen LogP contribution in [0.4, 0.5) is 17.1 Å². The Morgan fingerprint density at radius 2 is 1.79 bits per heavy atom. The number of phenols is 1. The van der Waals surface area contributed by atoms with E-state index >= 15 is 0 Å². The van der Waals surface area contributed by atoms with Gasteiger partial charge in [-0.25, -0.2) is 0 Å². The van der Waals surface area contributed by atoms with E-state index in [4.69, 9.17) is 27.9 Å². The quantitative estimate of drug-likeness (QED) is 0.156. The molecule has 9 nitrogen and oxygen atoms in total. The average molecular weight is 574 g/mol. The first-order chi connectivity index (χ1) is 18.0. The number of azo groups is 1. The van der Waals surface area contributed by atoms with Crippen molar-refractivity contribution in [1.82, 2.24) is 0 Å². The minimum Gasteiger partial charge on any atom is -0.505 e. The number of aromatic hydroxyl groups is 1. The van der Waals surface area contributed by atoms with Gasteiger partial charge in [-0.15, -0.1) is 10.2 Å². The smallest absolute Gasteiger partial charge is 0.294 e. The summed E-state index contributed by atoms with van der Waals surface area (Å²) in [4.78, 5) is 12.8. The van der Waals surface area contributed by atoms with Crippen LogP contribution in [-0.4, -0.2) is 31.1 Å². The average Bonchev–Trinajstić information content (AvgIpc) is 2.89. The second kappa shape index (κ2) is 11.0. The highest BCUT2D eigenvalue weighted by Crippen LogP contribution is 2.42. The van der Waals surface area contributed by atoms with Crippen molar-refractivity contribution in [2.24, 2.45) is 10.2 Å². The molecule has 4 aromatic rings. The Hall–Kier alpha value is -3.70. The Bertz CT molecular complexity index is 1710. The number of rotatable bonds is 7. The molecule has 0 aliphatic heterocycles. The number of fused-ring (bicyclic) bond motifs is 1. The summed E-state index contributed by atoms with van der Waals surface area (Å²) in [5.74, 6) is -0.837. The standard InChI is InChI=1S/C26H21Cl2N3O6S/c1-3-14-11-16(38(34,35)36)13-20(22(14)28)30-31-23-17-8-5-4-7-15(17)12-18(25(23)32)26(33)29-24-19(27)9-6-10-21(24)37-2/h4-13,32H,3H2,1-2H3,(H,29,33)(H,34,35,36). The summed E-state index contributed by atoms with van der Waals surface area (Å²) < 4.78 is 38.3. The molecular formula is C26H21Cl2N3O6S. The molecule has 0 atom stereocenters. The fourth-order valence-electron chi connectivity index (χ4n) is 3.79.